The van der Waals surface area contributed by atoms with Gasteiger partial charge in [-0.1, -0.05) is 19.1 Å². The van der Waals surface area contributed by atoms with Crippen LogP contribution in [-0.4, -0.2) is 54.8 Å². The largest absolute Gasteiger partial charge is 0.357 e. The maximum Gasteiger partial charge on any atom is 0.194 e. The number of aromatic nitrogens is 5. The van der Waals surface area contributed by atoms with Crippen LogP contribution in [0, 0.1) is 5.92 Å². The number of nitrogens with one attached hydrogen (secondary N) is 1. The first-order valence-electron chi connectivity index (χ1n) is 10.2. The molecule has 3 aromatic rings. The minimum Gasteiger partial charge on any atom is -0.357 e. The van der Waals surface area contributed by atoms with Crippen molar-refractivity contribution in [1.29, 1.82) is 0 Å². The van der Waals surface area contributed by atoms with Crippen molar-refractivity contribution in [3.05, 3.63) is 61.2 Å². The lowest BCUT2D eigenvalue weighted by Crippen LogP contribution is -2.49. The summed E-state index contributed by atoms with van der Waals surface area (Å²) in [5, 5.41) is 7.68. The number of benzene rings is 1. The Balaban J connectivity index is 0.00000256. The number of hydrogen-bond acceptors (Lipinski definition) is 4. The predicted molar refractivity (Wildman–Crippen MR) is 128 cm³/mol. The molecule has 1 aliphatic heterocycles. The summed E-state index contributed by atoms with van der Waals surface area (Å²) in [5.74, 6) is 1.58. The molecule has 160 valence electrons. The summed E-state index contributed by atoms with van der Waals surface area (Å²) in [6.07, 6.45) is 10.2. The summed E-state index contributed by atoms with van der Waals surface area (Å²) < 4.78 is 3.99. The molecular formula is C21H29IN8. The van der Waals surface area contributed by atoms with Gasteiger partial charge in [0.1, 0.15) is 12.7 Å². The topological polar surface area (TPSA) is 76.2 Å². The van der Waals surface area contributed by atoms with Gasteiger partial charge in [0, 0.05) is 32.0 Å². The summed E-state index contributed by atoms with van der Waals surface area (Å²) in [6, 6.07) is 8.67. The van der Waals surface area contributed by atoms with Crippen LogP contribution >= 0.6 is 24.0 Å². The predicted octanol–water partition coefficient (Wildman–Crippen LogP) is 3.13. The lowest BCUT2D eigenvalue weighted by Gasteiger charge is -2.39. The lowest BCUT2D eigenvalue weighted by atomic mass is 9.93. The second kappa shape index (κ2) is 10.6. The van der Waals surface area contributed by atoms with Crippen molar-refractivity contribution >= 4 is 29.9 Å². The Labute approximate surface area is 194 Å². The molecule has 0 radical (unpaired) electrons. The van der Waals surface area contributed by atoms with E-state index < -0.39 is 0 Å². The van der Waals surface area contributed by atoms with Gasteiger partial charge in [-0.25, -0.2) is 19.6 Å². The van der Waals surface area contributed by atoms with E-state index in [0.29, 0.717) is 18.5 Å². The fourth-order valence-electron chi connectivity index (χ4n) is 3.83. The maximum absolute atomic E-state index is 4.93. The van der Waals surface area contributed by atoms with Gasteiger partial charge in [-0.3, -0.25) is 0 Å². The molecule has 1 N–H and O–H groups in total. The van der Waals surface area contributed by atoms with Crippen LogP contribution < -0.4 is 5.32 Å². The van der Waals surface area contributed by atoms with Crippen molar-refractivity contribution in [2.24, 2.45) is 10.9 Å². The molecule has 1 saturated heterocycles. The smallest absolute Gasteiger partial charge is 0.194 e. The Kier molecular flexibility index (Phi) is 7.83. The minimum atomic E-state index is 0. The average Bonchev–Trinajstić information content (AvgIpc) is 3.46. The van der Waals surface area contributed by atoms with E-state index in [1.54, 1.807) is 17.3 Å². The molecular weight excluding hydrogens is 491 g/mol. The fraction of sp³-hybridized carbons (Fsp3) is 0.429. The number of piperidine rings is 1. The Hall–Kier alpha value is -2.43. The Morgan fingerprint density at radius 3 is 2.90 bits per heavy atom. The van der Waals surface area contributed by atoms with Gasteiger partial charge in [0.15, 0.2) is 5.96 Å². The van der Waals surface area contributed by atoms with Crippen molar-refractivity contribution in [3.8, 4) is 5.69 Å². The third-order valence-electron chi connectivity index (χ3n) is 5.47. The number of imidazole rings is 1. The van der Waals surface area contributed by atoms with Gasteiger partial charge in [0.25, 0.3) is 0 Å². The van der Waals surface area contributed by atoms with E-state index in [9.17, 15) is 0 Å². The van der Waals surface area contributed by atoms with Crippen LogP contribution in [0.5, 0.6) is 0 Å². The fourth-order valence-corrected chi connectivity index (χ4v) is 3.83. The Bertz CT molecular complexity index is 922. The molecule has 0 saturated carbocycles. The SMILES string of the molecule is CCNC(=NCc1cccc(-n2cncn2)c1)N1CCC(C)C(n2ccnc2)C1.I. The number of rotatable bonds is 5. The number of aliphatic imine (C=N–C) groups is 1. The minimum absolute atomic E-state index is 0. The van der Waals surface area contributed by atoms with E-state index in [0.717, 1.165) is 43.3 Å². The van der Waals surface area contributed by atoms with Crippen molar-refractivity contribution in [3.63, 3.8) is 0 Å². The van der Waals surface area contributed by atoms with Crippen LogP contribution in [0.4, 0.5) is 0 Å². The standard InChI is InChI=1S/C21H28N8.HI/c1-3-24-21(27-9-7-17(2)20(13-27)28-10-8-22-15-28)25-12-18-5-4-6-19(11-18)29-16-23-14-26-29;/h4-6,8,10-11,14-17,20H,3,7,9,12-13H2,1-2H3,(H,24,25);1H. The summed E-state index contributed by atoms with van der Waals surface area (Å²) in [4.78, 5) is 15.6. The molecule has 1 aromatic carbocycles. The van der Waals surface area contributed by atoms with Crippen LogP contribution in [0.1, 0.15) is 31.9 Å². The molecule has 2 atom stereocenters. The van der Waals surface area contributed by atoms with E-state index in [4.69, 9.17) is 4.99 Å². The van der Waals surface area contributed by atoms with E-state index in [2.05, 4.69) is 62.0 Å². The molecule has 8 nitrogen and oxygen atoms in total. The molecule has 1 aliphatic rings. The monoisotopic (exact) mass is 520 g/mol. The third kappa shape index (κ3) is 5.18. The molecule has 3 heterocycles. The van der Waals surface area contributed by atoms with Crippen molar-refractivity contribution in [1.82, 2.24) is 34.5 Å². The molecule has 0 amide bonds. The highest BCUT2D eigenvalue weighted by atomic mass is 127. The first-order chi connectivity index (χ1) is 14.2. The second-order valence-corrected chi connectivity index (χ2v) is 7.47. The van der Waals surface area contributed by atoms with Crippen LogP contribution in [0.3, 0.4) is 0 Å². The van der Waals surface area contributed by atoms with Gasteiger partial charge in [0.2, 0.25) is 0 Å². The van der Waals surface area contributed by atoms with E-state index >= 15 is 0 Å². The van der Waals surface area contributed by atoms with Crippen molar-refractivity contribution in [2.45, 2.75) is 32.9 Å². The van der Waals surface area contributed by atoms with E-state index in [-0.39, 0.29) is 24.0 Å². The van der Waals surface area contributed by atoms with Crippen molar-refractivity contribution < 1.29 is 0 Å². The van der Waals surface area contributed by atoms with Crippen LogP contribution in [0.2, 0.25) is 0 Å². The molecule has 2 aromatic heterocycles. The zero-order valence-corrected chi connectivity index (χ0v) is 19.8. The highest BCUT2D eigenvalue weighted by Crippen LogP contribution is 2.27. The molecule has 30 heavy (non-hydrogen) atoms. The van der Waals surface area contributed by atoms with Crippen LogP contribution in [-0.2, 0) is 6.54 Å². The quantitative estimate of drug-likeness (QED) is 0.318. The normalized spacial score (nSPS) is 19.4. The lowest BCUT2D eigenvalue weighted by molar-refractivity contribution is 0.189. The number of halogens is 1. The average molecular weight is 520 g/mol. The molecule has 4 rings (SSSR count). The Morgan fingerprint density at radius 2 is 2.17 bits per heavy atom. The third-order valence-corrected chi connectivity index (χ3v) is 5.47. The summed E-state index contributed by atoms with van der Waals surface area (Å²) >= 11 is 0. The van der Waals surface area contributed by atoms with Gasteiger partial charge in [0.05, 0.1) is 24.6 Å². The zero-order valence-electron chi connectivity index (χ0n) is 17.4. The van der Waals surface area contributed by atoms with Gasteiger partial charge in [-0.2, -0.15) is 5.10 Å². The van der Waals surface area contributed by atoms with Crippen LogP contribution in [0.15, 0.2) is 60.6 Å². The Morgan fingerprint density at radius 1 is 1.27 bits per heavy atom. The first kappa shape index (κ1) is 22.3. The summed E-state index contributed by atoms with van der Waals surface area (Å²) in [7, 11) is 0. The summed E-state index contributed by atoms with van der Waals surface area (Å²) in [5.41, 5.74) is 2.14. The number of guanidine groups is 1. The van der Waals surface area contributed by atoms with E-state index in [1.165, 1.54) is 0 Å². The van der Waals surface area contributed by atoms with Gasteiger partial charge in [-0.15, -0.1) is 24.0 Å². The number of hydrogen-bond donors (Lipinski definition) is 1. The van der Waals surface area contributed by atoms with Crippen LogP contribution in [0.25, 0.3) is 5.69 Å². The number of nitrogens with zero attached hydrogens (tertiary/aromatic N) is 7. The number of likely N-dealkylation sites (tertiary alicyclic amines) is 1. The molecule has 0 bridgehead atoms. The second-order valence-electron chi connectivity index (χ2n) is 7.47. The summed E-state index contributed by atoms with van der Waals surface area (Å²) in [6.45, 7) is 7.84. The molecule has 9 heteroatoms. The molecule has 1 fully saturated rings. The van der Waals surface area contributed by atoms with Gasteiger partial charge >= 0.3 is 0 Å². The highest BCUT2D eigenvalue weighted by Gasteiger charge is 2.28. The molecule has 0 aliphatic carbocycles. The highest BCUT2D eigenvalue weighted by molar-refractivity contribution is 14.0. The molecule has 0 spiro atoms. The van der Waals surface area contributed by atoms with Crippen molar-refractivity contribution in [2.75, 3.05) is 19.6 Å². The zero-order chi connectivity index (χ0) is 20.1. The van der Waals surface area contributed by atoms with E-state index in [1.807, 2.05) is 24.7 Å². The maximum atomic E-state index is 4.93. The van der Waals surface area contributed by atoms with Gasteiger partial charge < -0.3 is 14.8 Å². The van der Waals surface area contributed by atoms with Gasteiger partial charge in [-0.05, 0) is 37.0 Å². The molecule has 2 unspecified atom stereocenters. The first-order valence-corrected chi connectivity index (χ1v) is 10.2.